The van der Waals surface area contributed by atoms with E-state index >= 15 is 0 Å². The zero-order valence-corrected chi connectivity index (χ0v) is 13.7. The Hall–Kier alpha value is -1.81. The van der Waals surface area contributed by atoms with E-state index < -0.39 is 0 Å². The number of imidazole rings is 1. The SMILES string of the molecule is Cc1cc2ncn(CCOc3ccc(Br)cc3)c2cc1C. The molecule has 2 aromatic carbocycles. The van der Waals surface area contributed by atoms with Crippen LogP contribution in [-0.2, 0) is 6.54 Å². The molecule has 0 spiro atoms. The van der Waals surface area contributed by atoms with E-state index in [0.29, 0.717) is 6.61 Å². The van der Waals surface area contributed by atoms with Crippen LogP contribution in [0.15, 0.2) is 47.2 Å². The molecule has 3 rings (SSSR count). The van der Waals surface area contributed by atoms with E-state index in [0.717, 1.165) is 27.8 Å². The number of hydrogen-bond acceptors (Lipinski definition) is 2. The molecule has 0 atom stereocenters. The Morgan fingerprint density at radius 2 is 1.81 bits per heavy atom. The van der Waals surface area contributed by atoms with Crippen LogP contribution in [0.1, 0.15) is 11.1 Å². The van der Waals surface area contributed by atoms with Gasteiger partial charge in [0.15, 0.2) is 0 Å². The Labute approximate surface area is 132 Å². The predicted octanol–water partition coefficient (Wildman–Crippen LogP) is 4.49. The van der Waals surface area contributed by atoms with Gasteiger partial charge >= 0.3 is 0 Å². The maximum atomic E-state index is 5.77. The van der Waals surface area contributed by atoms with Gasteiger partial charge in [0.05, 0.1) is 23.9 Å². The second-order valence-corrected chi connectivity index (χ2v) is 6.08. The number of aromatic nitrogens is 2. The highest BCUT2D eigenvalue weighted by Gasteiger charge is 2.05. The molecule has 108 valence electrons. The number of fused-ring (bicyclic) bond motifs is 1. The quantitative estimate of drug-likeness (QED) is 0.696. The van der Waals surface area contributed by atoms with E-state index in [-0.39, 0.29) is 0 Å². The van der Waals surface area contributed by atoms with Gasteiger partial charge in [-0.3, -0.25) is 0 Å². The number of benzene rings is 2. The Balaban J connectivity index is 1.70. The number of rotatable bonds is 4. The first-order chi connectivity index (χ1) is 10.1. The molecule has 3 nitrogen and oxygen atoms in total. The first-order valence-electron chi connectivity index (χ1n) is 6.94. The summed E-state index contributed by atoms with van der Waals surface area (Å²) in [5, 5.41) is 0. The minimum Gasteiger partial charge on any atom is -0.492 e. The van der Waals surface area contributed by atoms with Crippen molar-refractivity contribution in [2.45, 2.75) is 20.4 Å². The fourth-order valence-corrected chi connectivity index (χ4v) is 2.55. The normalized spacial score (nSPS) is 11.0. The zero-order chi connectivity index (χ0) is 14.8. The average molecular weight is 345 g/mol. The lowest BCUT2D eigenvalue weighted by molar-refractivity contribution is 0.300. The van der Waals surface area contributed by atoms with Crippen molar-refractivity contribution in [3.63, 3.8) is 0 Å². The largest absolute Gasteiger partial charge is 0.492 e. The smallest absolute Gasteiger partial charge is 0.119 e. The zero-order valence-electron chi connectivity index (χ0n) is 12.1. The van der Waals surface area contributed by atoms with Gasteiger partial charge in [-0.25, -0.2) is 4.98 Å². The lowest BCUT2D eigenvalue weighted by Crippen LogP contribution is -2.07. The molecule has 0 radical (unpaired) electrons. The van der Waals surface area contributed by atoms with Crippen molar-refractivity contribution in [3.05, 3.63) is 58.3 Å². The summed E-state index contributed by atoms with van der Waals surface area (Å²) in [5.41, 5.74) is 4.77. The molecule has 0 aliphatic rings. The molecule has 4 heteroatoms. The van der Waals surface area contributed by atoms with Gasteiger partial charge in [0.25, 0.3) is 0 Å². The van der Waals surface area contributed by atoms with Gasteiger partial charge in [0.1, 0.15) is 12.4 Å². The van der Waals surface area contributed by atoms with E-state index in [4.69, 9.17) is 4.74 Å². The fourth-order valence-electron chi connectivity index (χ4n) is 2.28. The second kappa shape index (κ2) is 5.90. The van der Waals surface area contributed by atoms with Crippen molar-refractivity contribution < 1.29 is 4.74 Å². The molecule has 0 fully saturated rings. The van der Waals surface area contributed by atoms with E-state index in [9.17, 15) is 0 Å². The summed E-state index contributed by atoms with van der Waals surface area (Å²) in [6, 6.07) is 12.2. The van der Waals surface area contributed by atoms with Crippen molar-refractivity contribution in [2.75, 3.05) is 6.61 Å². The van der Waals surface area contributed by atoms with Crippen molar-refractivity contribution in [1.82, 2.24) is 9.55 Å². The Morgan fingerprint density at radius 3 is 2.57 bits per heavy atom. The Morgan fingerprint density at radius 1 is 1.10 bits per heavy atom. The summed E-state index contributed by atoms with van der Waals surface area (Å²) >= 11 is 3.42. The molecule has 3 aromatic rings. The molecule has 0 unspecified atom stereocenters. The summed E-state index contributed by atoms with van der Waals surface area (Å²) in [6.07, 6.45) is 1.88. The molecule has 0 aliphatic carbocycles. The van der Waals surface area contributed by atoms with Crippen LogP contribution in [0.4, 0.5) is 0 Å². The number of nitrogens with zero attached hydrogens (tertiary/aromatic N) is 2. The molecule has 0 N–H and O–H groups in total. The molecule has 0 bridgehead atoms. The topological polar surface area (TPSA) is 27.1 Å². The van der Waals surface area contributed by atoms with Gasteiger partial charge in [-0.1, -0.05) is 15.9 Å². The number of ether oxygens (including phenoxy) is 1. The summed E-state index contributed by atoms with van der Waals surface area (Å²) < 4.78 is 8.96. The third-order valence-electron chi connectivity index (χ3n) is 3.65. The average Bonchev–Trinajstić information content (AvgIpc) is 2.84. The van der Waals surface area contributed by atoms with Crippen LogP contribution in [0.25, 0.3) is 11.0 Å². The molecule has 0 saturated carbocycles. The van der Waals surface area contributed by atoms with Gasteiger partial charge < -0.3 is 9.30 Å². The molecule has 1 heterocycles. The van der Waals surface area contributed by atoms with Crippen molar-refractivity contribution in [2.24, 2.45) is 0 Å². The van der Waals surface area contributed by atoms with Crippen LogP contribution in [0.2, 0.25) is 0 Å². The molecule has 21 heavy (non-hydrogen) atoms. The third kappa shape index (κ3) is 3.10. The number of aryl methyl sites for hydroxylation is 2. The Bertz CT molecular complexity index is 762. The summed E-state index contributed by atoms with van der Waals surface area (Å²) in [7, 11) is 0. The molecule has 0 amide bonds. The maximum absolute atomic E-state index is 5.77. The minimum atomic E-state index is 0.625. The standard InChI is InChI=1S/C17H17BrN2O/c1-12-9-16-17(10-13(12)2)20(11-19-16)7-8-21-15-5-3-14(18)4-6-15/h3-6,9-11H,7-8H2,1-2H3. The number of hydrogen-bond donors (Lipinski definition) is 0. The molecular formula is C17H17BrN2O. The van der Waals surface area contributed by atoms with Crippen LogP contribution in [0.3, 0.4) is 0 Å². The van der Waals surface area contributed by atoms with Crippen molar-refractivity contribution in [3.8, 4) is 5.75 Å². The second-order valence-electron chi connectivity index (χ2n) is 5.17. The number of halogens is 1. The lowest BCUT2D eigenvalue weighted by atomic mass is 10.1. The van der Waals surface area contributed by atoms with Gasteiger partial charge in [-0.2, -0.15) is 0 Å². The first kappa shape index (κ1) is 14.1. The van der Waals surface area contributed by atoms with Crippen LogP contribution >= 0.6 is 15.9 Å². The van der Waals surface area contributed by atoms with Gasteiger partial charge in [0, 0.05) is 4.47 Å². The van der Waals surface area contributed by atoms with Crippen LogP contribution in [0, 0.1) is 13.8 Å². The Kier molecular flexibility index (Phi) is 3.97. The van der Waals surface area contributed by atoms with Crippen molar-refractivity contribution in [1.29, 1.82) is 0 Å². The summed E-state index contributed by atoms with van der Waals surface area (Å²) in [4.78, 5) is 4.46. The monoisotopic (exact) mass is 344 g/mol. The molecule has 0 aliphatic heterocycles. The van der Waals surface area contributed by atoms with Crippen LogP contribution < -0.4 is 4.74 Å². The maximum Gasteiger partial charge on any atom is 0.119 e. The lowest BCUT2D eigenvalue weighted by Gasteiger charge is -2.08. The van der Waals surface area contributed by atoms with Crippen molar-refractivity contribution >= 4 is 27.0 Å². The highest BCUT2D eigenvalue weighted by atomic mass is 79.9. The predicted molar refractivity (Wildman–Crippen MR) is 88.8 cm³/mol. The third-order valence-corrected chi connectivity index (χ3v) is 4.18. The fraction of sp³-hybridized carbons (Fsp3) is 0.235. The minimum absolute atomic E-state index is 0.625. The van der Waals surface area contributed by atoms with Gasteiger partial charge in [-0.05, 0) is 61.4 Å². The van der Waals surface area contributed by atoms with E-state index in [1.165, 1.54) is 11.1 Å². The molecule has 1 aromatic heterocycles. The van der Waals surface area contributed by atoms with E-state index in [1.807, 2.05) is 30.6 Å². The molecule has 0 saturated heterocycles. The van der Waals surface area contributed by atoms with E-state index in [1.54, 1.807) is 0 Å². The molecular weight excluding hydrogens is 328 g/mol. The summed E-state index contributed by atoms with van der Waals surface area (Å²) in [5.74, 6) is 0.884. The van der Waals surface area contributed by atoms with Crippen LogP contribution in [0.5, 0.6) is 5.75 Å². The summed E-state index contributed by atoms with van der Waals surface area (Å²) in [6.45, 7) is 5.66. The highest BCUT2D eigenvalue weighted by Crippen LogP contribution is 2.19. The van der Waals surface area contributed by atoms with Gasteiger partial charge in [-0.15, -0.1) is 0 Å². The highest BCUT2D eigenvalue weighted by molar-refractivity contribution is 9.10. The van der Waals surface area contributed by atoms with E-state index in [2.05, 4.69) is 51.5 Å². The van der Waals surface area contributed by atoms with Crippen LogP contribution in [-0.4, -0.2) is 16.2 Å². The van der Waals surface area contributed by atoms with Gasteiger partial charge in [0.2, 0.25) is 0 Å². The first-order valence-corrected chi connectivity index (χ1v) is 7.73.